The van der Waals surface area contributed by atoms with Gasteiger partial charge in [0.05, 0.1) is 0 Å². The maximum absolute atomic E-state index is 12.2. The highest BCUT2D eigenvalue weighted by atomic mass is 32.2. The lowest BCUT2D eigenvalue weighted by Crippen LogP contribution is -2.43. The lowest BCUT2D eigenvalue weighted by Gasteiger charge is -2.22. The number of hydrogen-bond donors (Lipinski definition) is 1. The number of nitrogens with one attached hydrogen (secondary N) is 1. The molecule has 20 heavy (non-hydrogen) atoms. The van der Waals surface area contributed by atoms with Crippen molar-refractivity contribution in [2.75, 3.05) is 27.2 Å². The number of likely N-dealkylation sites (N-methyl/N-ethyl adjacent to an activating group) is 1. The molecule has 1 aliphatic rings. The fraction of sp³-hybridized carbons (Fsp3) is 0.571. The third-order valence-corrected chi connectivity index (χ3v) is 5.31. The van der Waals surface area contributed by atoms with E-state index in [0.717, 1.165) is 24.9 Å². The summed E-state index contributed by atoms with van der Waals surface area (Å²) in [6.07, 6.45) is 2.20. The number of likely N-dealkylation sites (tertiary alicyclic amines) is 1. The predicted molar refractivity (Wildman–Crippen MR) is 80.5 cm³/mol. The number of benzene rings is 1. The summed E-state index contributed by atoms with van der Waals surface area (Å²) >= 11 is 0. The van der Waals surface area contributed by atoms with E-state index < -0.39 is 10.2 Å². The van der Waals surface area contributed by atoms with Gasteiger partial charge in [-0.3, -0.25) is 0 Å². The Morgan fingerprint density at radius 3 is 2.65 bits per heavy atom. The van der Waals surface area contributed by atoms with E-state index in [-0.39, 0.29) is 0 Å². The molecule has 0 spiro atoms. The molecule has 6 heteroatoms. The monoisotopic (exact) mass is 297 g/mol. The standard InChI is InChI=1S/C14H23N3O2S/c1-16-10-6-9-14(16)11-15-20(18,19)17(2)12-13-7-4-3-5-8-13/h3-5,7-8,14-15H,6,9-12H2,1-2H3. The van der Waals surface area contributed by atoms with Gasteiger partial charge in [-0.25, -0.2) is 4.72 Å². The summed E-state index contributed by atoms with van der Waals surface area (Å²) in [5.41, 5.74) is 0.985. The normalized spacial score (nSPS) is 20.6. The van der Waals surface area contributed by atoms with E-state index in [9.17, 15) is 8.42 Å². The van der Waals surface area contributed by atoms with Gasteiger partial charge in [0, 0.05) is 26.2 Å². The molecule has 0 saturated carbocycles. The number of rotatable bonds is 6. The van der Waals surface area contributed by atoms with Crippen molar-refractivity contribution in [1.82, 2.24) is 13.9 Å². The summed E-state index contributed by atoms with van der Waals surface area (Å²) in [6, 6.07) is 9.92. The van der Waals surface area contributed by atoms with E-state index in [1.165, 1.54) is 4.31 Å². The van der Waals surface area contributed by atoms with Crippen LogP contribution in [0.25, 0.3) is 0 Å². The van der Waals surface area contributed by atoms with Gasteiger partial charge in [-0.15, -0.1) is 0 Å². The minimum atomic E-state index is -3.41. The molecule has 1 atom stereocenters. The molecule has 5 nitrogen and oxygen atoms in total. The molecule has 0 aromatic heterocycles. The van der Waals surface area contributed by atoms with Gasteiger partial charge in [0.15, 0.2) is 0 Å². The predicted octanol–water partition coefficient (Wildman–Crippen LogP) is 1.05. The third kappa shape index (κ3) is 4.02. The smallest absolute Gasteiger partial charge is 0.279 e. The second kappa shape index (κ2) is 6.67. The molecule has 1 N–H and O–H groups in total. The SMILES string of the molecule is CN1CCCC1CNS(=O)(=O)N(C)Cc1ccccc1. The minimum absolute atomic E-state index is 0.315. The van der Waals surface area contributed by atoms with E-state index in [0.29, 0.717) is 19.1 Å². The maximum Gasteiger partial charge on any atom is 0.279 e. The third-order valence-electron chi connectivity index (χ3n) is 3.83. The molecule has 0 bridgehead atoms. The molecule has 0 aliphatic carbocycles. The minimum Gasteiger partial charge on any atom is -0.302 e. The van der Waals surface area contributed by atoms with E-state index in [1.54, 1.807) is 7.05 Å². The average molecular weight is 297 g/mol. The Morgan fingerprint density at radius 2 is 2.05 bits per heavy atom. The van der Waals surface area contributed by atoms with Crippen molar-refractivity contribution in [2.24, 2.45) is 0 Å². The van der Waals surface area contributed by atoms with Crippen molar-refractivity contribution in [2.45, 2.75) is 25.4 Å². The van der Waals surface area contributed by atoms with Crippen molar-refractivity contribution in [3.05, 3.63) is 35.9 Å². The summed E-state index contributed by atoms with van der Waals surface area (Å²) in [6.45, 7) is 1.92. The van der Waals surface area contributed by atoms with Crippen molar-refractivity contribution >= 4 is 10.2 Å². The molecule has 0 radical (unpaired) electrons. The van der Waals surface area contributed by atoms with Gasteiger partial charge in [-0.1, -0.05) is 30.3 Å². The van der Waals surface area contributed by atoms with Crippen molar-refractivity contribution < 1.29 is 8.42 Å². The summed E-state index contributed by atoms with van der Waals surface area (Å²) in [7, 11) is 0.233. The molecule has 1 aliphatic heterocycles. The zero-order chi connectivity index (χ0) is 14.6. The molecule has 112 valence electrons. The Kier molecular flexibility index (Phi) is 5.15. The molecular weight excluding hydrogens is 274 g/mol. The first-order valence-corrected chi connectivity index (χ1v) is 8.38. The van der Waals surface area contributed by atoms with Gasteiger partial charge in [-0.05, 0) is 32.0 Å². The van der Waals surface area contributed by atoms with Crippen LogP contribution < -0.4 is 4.72 Å². The van der Waals surface area contributed by atoms with E-state index in [2.05, 4.69) is 9.62 Å². The average Bonchev–Trinajstić information content (AvgIpc) is 2.83. The fourth-order valence-corrected chi connectivity index (χ4v) is 3.42. The summed E-state index contributed by atoms with van der Waals surface area (Å²) in [5, 5.41) is 0. The Morgan fingerprint density at radius 1 is 1.35 bits per heavy atom. The number of hydrogen-bond acceptors (Lipinski definition) is 3. The van der Waals surface area contributed by atoms with E-state index >= 15 is 0 Å². The Balaban J connectivity index is 1.89. The van der Waals surface area contributed by atoms with Crippen LogP contribution in [0.4, 0.5) is 0 Å². The maximum atomic E-state index is 12.2. The fourth-order valence-electron chi connectivity index (χ4n) is 2.47. The van der Waals surface area contributed by atoms with Crippen LogP contribution in [0, 0.1) is 0 Å². The van der Waals surface area contributed by atoms with Gasteiger partial charge in [0.25, 0.3) is 10.2 Å². The highest BCUT2D eigenvalue weighted by molar-refractivity contribution is 7.87. The van der Waals surface area contributed by atoms with Crippen LogP contribution in [0.15, 0.2) is 30.3 Å². The highest BCUT2D eigenvalue weighted by Gasteiger charge is 2.24. The first-order chi connectivity index (χ1) is 9.49. The van der Waals surface area contributed by atoms with Crippen LogP contribution >= 0.6 is 0 Å². The van der Waals surface area contributed by atoms with Crippen LogP contribution in [0.5, 0.6) is 0 Å². The van der Waals surface area contributed by atoms with Gasteiger partial charge < -0.3 is 4.90 Å². The van der Waals surface area contributed by atoms with Crippen molar-refractivity contribution in [1.29, 1.82) is 0 Å². The topological polar surface area (TPSA) is 52.7 Å². The van der Waals surface area contributed by atoms with Crippen molar-refractivity contribution in [3.63, 3.8) is 0 Å². The molecule has 1 unspecified atom stereocenters. The Hall–Kier alpha value is -0.950. The first-order valence-electron chi connectivity index (χ1n) is 6.94. The largest absolute Gasteiger partial charge is 0.302 e. The Bertz CT molecular complexity index is 518. The number of nitrogens with zero attached hydrogens (tertiary/aromatic N) is 2. The van der Waals surface area contributed by atoms with Gasteiger partial charge in [0.1, 0.15) is 0 Å². The molecule has 1 heterocycles. The van der Waals surface area contributed by atoms with Crippen LogP contribution in [0.1, 0.15) is 18.4 Å². The van der Waals surface area contributed by atoms with E-state index in [4.69, 9.17) is 0 Å². The first kappa shape index (κ1) is 15.4. The lowest BCUT2D eigenvalue weighted by molar-refractivity contribution is 0.308. The molecule has 1 aromatic rings. The molecular formula is C14H23N3O2S. The van der Waals surface area contributed by atoms with Gasteiger partial charge >= 0.3 is 0 Å². The van der Waals surface area contributed by atoms with Crippen molar-refractivity contribution in [3.8, 4) is 0 Å². The van der Waals surface area contributed by atoms with Crippen LogP contribution in [-0.2, 0) is 16.8 Å². The Labute approximate surface area is 121 Å². The highest BCUT2D eigenvalue weighted by Crippen LogP contribution is 2.14. The second-order valence-corrected chi connectivity index (χ2v) is 7.23. The zero-order valence-electron chi connectivity index (χ0n) is 12.1. The molecule has 2 rings (SSSR count). The molecule has 1 aromatic carbocycles. The summed E-state index contributed by atoms with van der Waals surface area (Å²) < 4.78 is 28.5. The molecule has 1 saturated heterocycles. The quantitative estimate of drug-likeness (QED) is 0.854. The summed E-state index contributed by atoms with van der Waals surface area (Å²) in [5.74, 6) is 0. The second-order valence-electron chi connectivity index (χ2n) is 5.37. The van der Waals surface area contributed by atoms with E-state index in [1.807, 2.05) is 37.4 Å². The molecule has 0 amide bonds. The zero-order valence-corrected chi connectivity index (χ0v) is 12.9. The molecule has 1 fully saturated rings. The van der Waals surface area contributed by atoms with Crippen LogP contribution in [0.3, 0.4) is 0 Å². The lowest BCUT2D eigenvalue weighted by atomic mass is 10.2. The van der Waals surface area contributed by atoms with Gasteiger partial charge in [0.2, 0.25) is 0 Å². The van der Waals surface area contributed by atoms with Gasteiger partial charge in [-0.2, -0.15) is 12.7 Å². The van der Waals surface area contributed by atoms with Crippen LogP contribution in [-0.4, -0.2) is 50.8 Å². The summed E-state index contributed by atoms with van der Waals surface area (Å²) in [4.78, 5) is 2.21. The van der Waals surface area contributed by atoms with Crippen LogP contribution in [0.2, 0.25) is 0 Å².